The molecule has 0 spiro atoms. The highest BCUT2D eigenvalue weighted by Gasteiger charge is 2.35. The lowest BCUT2D eigenvalue weighted by Gasteiger charge is -2.20. The number of primary amides is 1. The first-order valence-electron chi connectivity index (χ1n) is 8.90. The number of nitrogens with two attached hydrogens (primary N) is 1. The van der Waals surface area contributed by atoms with Gasteiger partial charge in [0, 0.05) is 30.8 Å². The van der Waals surface area contributed by atoms with Crippen LogP contribution < -0.4 is 16.0 Å². The third-order valence-corrected chi connectivity index (χ3v) is 5.04. The predicted octanol–water partition coefficient (Wildman–Crippen LogP) is 2.07. The van der Waals surface area contributed by atoms with E-state index in [0.717, 1.165) is 22.4 Å². The SMILES string of the molecule is Cc1cccc(N2CC(C(=O)NCc3cccc(C(N)=O)c3)CC2=O)c1C. The first-order valence-corrected chi connectivity index (χ1v) is 8.90. The lowest BCUT2D eigenvalue weighted by Crippen LogP contribution is -2.32. The van der Waals surface area contributed by atoms with Crippen molar-refractivity contribution in [2.45, 2.75) is 26.8 Å². The van der Waals surface area contributed by atoms with Gasteiger partial charge >= 0.3 is 0 Å². The molecule has 0 saturated carbocycles. The highest BCUT2D eigenvalue weighted by molar-refractivity contribution is 6.01. The lowest BCUT2D eigenvalue weighted by molar-refractivity contribution is -0.126. The van der Waals surface area contributed by atoms with Crippen molar-refractivity contribution in [2.24, 2.45) is 11.7 Å². The van der Waals surface area contributed by atoms with E-state index in [1.165, 1.54) is 0 Å². The topological polar surface area (TPSA) is 92.5 Å². The van der Waals surface area contributed by atoms with Crippen LogP contribution in [-0.4, -0.2) is 24.3 Å². The van der Waals surface area contributed by atoms with Crippen LogP contribution in [0.2, 0.25) is 0 Å². The second-order valence-corrected chi connectivity index (χ2v) is 6.91. The number of hydrogen-bond donors (Lipinski definition) is 2. The Kier molecular flexibility index (Phi) is 5.26. The molecule has 1 aliphatic rings. The van der Waals surface area contributed by atoms with Gasteiger partial charge in [0.1, 0.15) is 0 Å². The molecule has 140 valence electrons. The molecule has 1 saturated heterocycles. The van der Waals surface area contributed by atoms with E-state index < -0.39 is 11.8 Å². The summed E-state index contributed by atoms with van der Waals surface area (Å²) in [5.41, 5.74) is 9.50. The van der Waals surface area contributed by atoms with E-state index in [1.807, 2.05) is 38.1 Å². The molecule has 1 fully saturated rings. The molecule has 27 heavy (non-hydrogen) atoms. The number of aryl methyl sites for hydroxylation is 1. The summed E-state index contributed by atoms with van der Waals surface area (Å²) in [5.74, 6) is -1.11. The monoisotopic (exact) mass is 365 g/mol. The second-order valence-electron chi connectivity index (χ2n) is 6.91. The van der Waals surface area contributed by atoms with Gasteiger partial charge in [-0.25, -0.2) is 0 Å². The zero-order chi connectivity index (χ0) is 19.6. The van der Waals surface area contributed by atoms with E-state index in [9.17, 15) is 14.4 Å². The van der Waals surface area contributed by atoms with Crippen molar-refractivity contribution in [1.82, 2.24) is 5.32 Å². The summed E-state index contributed by atoms with van der Waals surface area (Å²) in [4.78, 5) is 37.9. The van der Waals surface area contributed by atoms with Crippen molar-refractivity contribution in [3.05, 3.63) is 64.7 Å². The number of anilines is 1. The van der Waals surface area contributed by atoms with Gasteiger partial charge < -0.3 is 16.0 Å². The van der Waals surface area contributed by atoms with Crippen molar-refractivity contribution in [2.75, 3.05) is 11.4 Å². The molecular weight excluding hydrogens is 342 g/mol. The van der Waals surface area contributed by atoms with Crippen molar-refractivity contribution < 1.29 is 14.4 Å². The van der Waals surface area contributed by atoms with E-state index in [-0.39, 0.29) is 24.8 Å². The number of carbonyl (C=O) groups excluding carboxylic acids is 3. The van der Waals surface area contributed by atoms with Crippen LogP contribution in [-0.2, 0) is 16.1 Å². The first-order chi connectivity index (χ1) is 12.9. The maximum Gasteiger partial charge on any atom is 0.248 e. The molecule has 2 aromatic rings. The van der Waals surface area contributed by atoms with Crippen molar-refractivity contribution in [3.8, 4) is 0 Å². The highest BCUT2D eigenvalue weighted by Crippen LogP contribution is 2.29. The molecule has 6 heteroatoms. The van der Waals surface area contributed by atoms with Crippen LogP contribution in [0.15, 0.2) is 42.5 Å². The average Bonchev–Trinajstić information content (AvgIpc) is 3.04. The Morgan fingerprint density at radius 1 is 1.19 bits per heavy atom. The maximum atomic E-state index is 12.5. The van der Waals surface area contributed by atoms with Crippen LogP contribution in [0.3, 0.4) is 0 Å². The Morgan fingerprint density at radius 2 is 1.93 bits per heavy atom. The molecule has 1 aliphatic heterocycles. The molecule has 0 bridgehead atoms. The number of hydrogen-bond acceptors (Lipinski definition) is 3. The van der Waals surface area contributed by atoms with Crippen molar-refractivity contribution >= 4 is 23.4 Å². The van der Waals surface area contributed by atoms with Crippen LogP contribution in [0.1, 0.15) is 33.5 Å². The molecule has 0 aliphatic carbocycles. The molecule has 1 atom stereocenters. The Bertz CT molecular complexity index is 907. The summed E-state index contributed by atoms with van der Waals surface area (Å²) in [6.45, 7) is 4.64. The minimum Gasteiger partial charge on any atom is -0.366 e. The Balaban J connectivity index is 1.65. The largest absolute Gasteiger partial charge is 0.366 e. The van der Waals surface area contributed by atoms with E-state index in [1.54, 1.807) is 23.1 Å². The van der Waals surface area contributed by atoms with E-state index in [0.29, 0.717) is 12.1 Å². The van der Waals surface area contributed by atoms with Gasteiger partial charge in [0.2, 0.25) is 17.7 Å². The van der Waals surface area contributed by atoms with Crippen molar-refractivity contribution in [1.29, 1.82) is 0 Å². The van der Waals surface area contributed by atoms with Crippen LogP contribution in [0.4, 0.5) is 5.69 Å². The third kappa shape index (κ3) is 4.00. The number of nitrogens with zero attached hydrogens (tertiary/aromatic N) is 1. The minimum atomic E-state index is -0.506. The van der Waals surface area contributed by atoms with Gasteiger partial charge in [0.15, 0.2) is 0 Å². The van der Waals surface area contributed by atoms with Crippen LogP contribution in [0.5, 0.6) is 0 Å². The van der Waals surface area contributed by atoms with Gasteiger partial charge in [-0.05, 0) is 48.7 Å². The van der Waals surface area contributed by atoms with Gasteiger partial charge in [-0.3, -0.25) is 14.4 Å². The standard InChI is InChI=1S/C21H23N3O3/c1-13-5-3-8-18(14(13)2)24-12-17(10-19(24)25)21(27)23-11-15-6-4-7-16(9-15)20(22)26/h3-9,17H,10-12H2,1-2H3,(H2,22,26)(H,23,27). The fourth-order valence-electron chi connectivity index (χ4n) is 3.31. The van der Waals surface area contributed by atoms with Crippen molar-refractivity contribution in [3.63, 3.8) is 0 Å². The number of carbonyl (C=O) groups is 3. The molecule has 6 nitrogen and oxygen atoms in total. The van der Waals surface area contributed by atoms with Crippen LogP contribution >= 0.6 is 0 Å². The smallest absolute Gasteiger partial charge is 0.248 e. The Hall–Kier alpha value is -3.15. The summed E-state index contributed by atoms with van der Waals surface area (Å²) in [6, 6.07) is 12.7. The molecular formula is C21H23N3O3. The quantitative estimate of drug-likeness (QED) is 0.849. The third-order valence-electron chi connectivity index (χ3n) is 5.04. The Labute approximate surface area is 158 Å². The van der Waals surface area contributed by atoms with Gasteiger partial charge in [0.25, 0.3) is 0 Å². The molecule has 3 amide bonds. The highest BCUT2D eigenvalue weighted by atomic mass is 16.2. The van der Waals surface area contributed by atoms with E-state index in [2.05, 4.69) is 5.32 Å². The van der Waals surface area contributed by atoms with Gasteiger partial charge in [-0.2, -0.15) is 0 Å². The summed E-state index contributed by atoms with van der Waals surface area (Å²) < 4.78 is 0. The predicted molar refractivity (Wildman–Crippen MR) is 103 cm³/mol. The normalized spacial score (nSPS) is 16.4. The van der Waals surface area contributed by atoms with Crippen LogP contribution in [0, 0.1) is 19.8 Å². The molecule has 0 aromatic heterocycles. The summed E-state index contributed by atoms with van der Waals surface area (Å²) in [5, 5.41) is 2.86. The molecule has 0 radical (unpaired) electrons. The zero-order valence-electron chi connectivity index (χ0n) is 15.5. The van der Waals surface area contributed by atoms with E-state index in [4.69, 9.17) is 5.73 Å². The average molecular weight is 365 g/mol. The number of amides is 3. The van der Waals surface area contributed by atoms with Crippen LogP contribution in [0.25, 0.3) is 0 Å². The summed E-state index contributed by atoms with van der Waals surface area (Å²) >= 11 is 0. The Morgan fingerprint density at radius 3 is 2.67 bits per heavy atom. The summed E-state index contributed by atoms with van der Waals surface area (Å²) in [6.07, 6.45) is 0.195. The lowest BCUT2D eigenvalue weighted by atomic mass is 10.1. The fourth-order valence-corrected chi connectivity index (χ4v) is 3.31. The van der Waals surface area contributed by atoms with E-state index >= 15 is 0 Å². The number of nitrogens with one attached hydrogen (secondary N) is 1. The first kappa shape index (κ1) is 18.6. The van der Waals surface area contributed by atoms with Gasteiger partial charge in [-0.15, -0.1) is 0 Å². The molecule has 1 unspecified atom stereocenters. The summed E-state index contributed by atoms with van der Waals surface area (Å²) in [7, 11) is 0. The molecule has 2 aromatic carbocycles. The minimum absolute atomic E-state index is 0.0421. The van der Waals surface area contributed by atoms with Gasteiger partial charge in [0.05, 0.1) is 5.92 Å². The number of benzene rings is 2. The number of rotatable bonds is 5. The van der Waals surface area contributed by atoms with Gasteiger partial charge in [-0.1, -0.05) is 24.3 Å². The molecule has 3 N–H and O–H groups in total. The maximum absolute atomic E-state index is 12.5. The molecule has 1 heterocycles. The zero-order valence-corrected chi connectivity index (χ0v) is 15.5. The molecule has 3 rings (SSSR count). The second kappa shape index (κ2) is 7.61. The fraction of sp³-hybridized carbons (Fsp3) is 0.286.